The van der Waals surface area contributed by atoms with E-state index < -0.39 is 5.41 Å². The van der Waals surface area contributed by atoms with E-state index in [1.54, 1.807) is 0 Å². The predicted octanol–water partition coefficient (Wildman–Crippen LogP) is 3.78. The molecule has 1 amide bonds. The van der Waals surface area contributed by atoms with Crippen molar-refractivity contribution in [1.82, 2.24) is 0 Å². The lowest BCUT2D eigenvalue weighted by Crippen LogP contribution is -2.32. The summed E-state index contributed by atoms with van der Waals surface area (Å²) in [4.78, 5) is 12.3. The number of anilines is 1. The second kappa shape index (κ2) is 5.11. The Bertz CT molecular complexity index is 513. The quantitative estimate of drug-likeness (QED) is 0.904. The van der Waals surface area contributed by atoms with E-state index in [0.29, 0.717) is 12.8 Å². The number of hydrogen-bond acceptors (Lipinski definition) is 2. The normalized spacial score (nSPS) is 17.2. The highest BCUT2D eigenvalue weighted by Crippen LogP contribution is 2.39. The minimum atomic E-state index is -0.830. The molecular weight excluding hydrogens is 292 g/mol. The van der Waals surface area contributed by atoms with Crippen LogP contribution in [0.4, 0.5) is 5.69 Å². The van der Waals surface area contributed by atoms with Gasteiger partial charge in [-0.3, -0.25) is 4.79 Å². The molecule has 0 bridgehead atoms. The number of benzene rings is 1. The summed E-state index contributed by atoms with van der Waals surface area (Å²) < 4.78 is 0.879. The van der Waals surface area contributed by atoms with Gasteiger partial charge in [-0.1, -0.05) is 25.0 Å². The van der Waals surface area contributed by atoms with Gasteiger partial charge in [-0.25, -0.2) is 0 Å². The summed E-state index contributed by atoms with van der Waals surface area (Å²) >= 11 is 3.46. The summed E-state index contributed by atoms with van der Waals surface area (Å²) in [6.45, 7) is 1.97. The Labute approximate surface area is 115 Å². The molecule has 0 saturated heterocycles. The molecule has 18 heavy (non-hydrogen) atoms. The summed E-state index contributed by atoms with van der Waals surface area (Å²) in [5.74, 6) is -0.172. The van der Waals surface area contributed by atoms with E-state index in [2.05, 4.69) is 27.3 Å². The molecule has 0 aliphatic heterocycles. The highest BCUT2D eigenvalue weighted by molar-refractivity contribution is 9.10. The minimum absolute atomic E-state index is 0.172. The number of nitrogens with one attached hydrogen (secondary N) is 1. The maximum Gasteiger partial charge on any atom is 0.244 e. The van der Waals surface area contributed by atoms with Crippen LogP contribution in [0.1, 0.15) is 31.2 Å². The van der Waals surface area contributed by atoms with Crippen molar-refractivity contribution >= 4 is 27.5 Å². The summed E-state index contributed by atoms with van der Waals surface area (Å²) in [7, 11) is 0. The van der Waals surface area contributed by atoms with E-state index in [1.165, 1.54) is 0 Å². The fraction of sp³-hybridized carbons (Fsp3) is 0.429. The van der Waals surface area contributed by atoms with Crippen LogP contribution in [-0.4, -0.2) is 5.91 Å². The first-order chi connectivity index (χ1) is 8.59. The van der Waals surface area contributed by atoms with E-state index in [1.807, 2.05) is 25.1 Å². The molecule has 1 aliphatic rings. The summed E-state index contributed by atoms with van der Waals surface area (Å²) in [6, 6.07) is 7.91. The van der Waals surface area contributed by atoms with Gasteiger partial charge in [0.1, 0.15) is 5.41 Å². The number of halogens is 1. The largest absolute Gasteiger partial charge is 0.324 e. The summed E-state index contributed by atoms with van der Waals surface area (Å²) in [6.07, 6.45) is 3.24. The predicted molar refractivity (Wildman–Crippen MR) is 74.0 cm³/mol. The topological polar surface area (TPSA) is 52.9 Å². The van der Waals surface area contributed by atoms with Crippen LogP contribution in [0, 0.1) is 23.7 Å². The molecule has 2 rings (SSSR count). The standard InChI is InChI=1S/C14H15BrN2O/c1-10-5-4-6-11(12(10)15)17-13(18)14(9-16)7-2-3-8-14/h4-6H,2-3,7-8H2,1H3,(H,17,18). The monoisotopic (exact) mass is 306 g/mol. The highest BCUT2D eigenvalue weighted by atomic mass is 79.9. The van der Waals surface area contributed by atoms with Crippen LogP contribution in [-0.2, 0) is 4.79 Å². The molecule has 1 saturated carbocycles. The smallest absolute Gasteiger partial charge is 0.244 e. The second-order valence-electron chi connectivity index (χ2n) is 4.79. The van der Waals surface area contributed by atoms with Crippen molar-refractivity contribution < 1.29 is 4.79 Å². The third-order valence-electron chi connectivity index (χ3n) is 3.55. The van der Waals surface area contributed by atoms with E-state index >= 15 is 0 Å². The molecule has 4 heteroatoms. The van der Waals surface area contributed by atoms with E-state index in [-0.39, 0.29) is 5.91 Å². The molecule has 0 heterocycles. The van der Waals surface area contributed by atoms with Crippen LogP contribution in [0.2, 0.25) is 0 Å². The Kier molecular flexibility index (Phi) is 3.72. The lowest BCUT2D eigenvalue weighted by molar-refractivity contribution is -0.122. The van der Waals surface area contributed by atoms with Gasteiger partial charge >= 0.3 is 0 Å². The molecular formula is C14H15BrN2O. The maximum atomic E-state index is 12.3. The van der Waals surface area contributed by atoms with Crippen LogP contribution >= 0.6 is 15.9 Å². The van der Waals surface area contributed by atoms with Crippen LogP contribution < -0.4 is 5.32 Å². The number of aryl methyl sites for hydroxylation is 1. The Hall–Kier alpha value is -1.34. The van der Waals surface area contributed by atoms with Crippen molar-refractivity contribution in [3.05, 3.63) is 28.2 Å². The van der Waals surface area contributed by atoms with Crippen LogP contribution in [0.3, 0.4) is 0 Å². The maximum absolute atomic E-state index is 12.3. The molecule has 0 spiro atoms. The highest BCUT2D eigenvalue weighted by Gasteiger charge is 2.41. The molecule has 0 unspecified atom stereocenters. The summed E-state index contributed by atoms with van der Waals surface area (Å²) in [5, 5.41) is 12.1. The van der Waals surface area contributed by atoms with Crippen molar-refractivity contribution in [1.29, 1.82) is 5.26 Å². The van der Waals surface area contributed by atoms with Gasteiger partial charge in [0.2, 0.25) is 5.91 Å². The van der Waals surface area contributed by atoms with Crippen molar-refractivity contribution in [2.75, 3.05) is 5.32 Å². The first-order valence-corrected chi connectivity index (χ1v) is 6.86. The van der Waals surface area contributed by atoms with Gasteiger partial charge < -0.3 is 5.32 Å². The van der Waals surface area contributed by atoms with Crippen molar-refractivity contribution in [3.63, 3.8) is 0 Å². The number of nitrogens with zero attached hydrogens (tertiary/aromatic N) is 1. The molecule has 1 aromatic carbocycles. The number of amides is 1. The van der Waals surface area contributed by atoms with Crippen LogP contribution in [0.15, 0.2) is 22.7 Å². The first-order valence-electron chi connectivity index (χ1n) is 6.07. The van der Waals surface area contributed by atoms with E-state index in [0.717, 1.165) is 28.6 Å². The van der Waals surface area contributed by atoms with Gasteiger partial charge in [0.25, 0.3) is 0 Å². The Morgan fingerprint density at radius 3 is 2.72 bits per heavy atom. The molecule has 1 aromatic rings. The van der Waals surface area contributed by atoms with Crippen molar-refractivity contribution in [2.45, 2.75) is 32.6 Å². The summed E-state index contributed by atoms with van der Waals surface area (Å²) in [5.41, 5.74) is 0.968. The van der Waals surface area contributed by atoms with Gasteiger partial charge in [-0.05, 0) is 47.3 Å². The Balaban J connectivity index is 2.22. The number of nitriles is 1. The minimum Gasteiger partial charge on any atom is -0.324 e. The zero-order valence-corrected chi connectivity index (χ0v) is 11.9. The number of carbonyl (C=O) groups excluding carboxylic acids is 1. The van der Waals surface area contributed by atoms with Gasteiger partial charge in [-0.15, -0.1) is 0 Å². The van der Waals surface area contributed by atoms with Crippen molar-refractivity contribution in [2.24, 2.45) is 5.41 Å². The molecule has 94 valence electrons. The average Bonchev–Trinajstić information content (AvgIpc) is 2.85. The lowest BCUT2D eigenvalue weighted by Gasteiger charge is -2.20. The van der Waals surface area contributed by atoms with Gasteiger partial charge in [0.05, 0.1) is 11.8 Å². The molecule has 1 fully saturated rings. The third kappa shape index (κ3) is 2.28. The average molecular weight is 307 g/mol. The van der Waals surface area contributed by atoms with Crippen LogP contribution in [0.25, 0.3) is 0 Å². The molecule has 3 nitrogen and oxygen atoms in total. The van der Waals surface area contributed by atoms with Crippen molar-refractivity contribution in [3.8, 4) is 6.07 Å². The number of hydrogen-bond donors (Lipinski definition) is 1. The number of carbonyl (C=O) groups is 1. The molecule has 0 aromatic heterocycles. The molecule has 1 aliphatic carbocycles. The van der Waals surface area contributed by atoms with Crippen LogP contribution in [0.5, 0.6) is 0 Å². The van der Waals surface area contributed by atoms with E-state index in [9.17, 15) is 10.1 Å². The fourth-order valence-electron chi connectivity index (χ4n) is 2.35. The molecule has 1 N–H and O–H groups in total. The zero-order valence-electron chi connectivity index (χ0n) is 10.3. The molecule has 0 radical (unpaired) electrons. The zero-order chi connectivity index (χ0) is 13.2. The number of rotatable bonds is 2. The van der Waals surface area contributed by atoms with Gasteiger partial charge in [0.15, 0.2) is 0 Å². The second-order valence-corrected chi connectivity index (χ2v) is 5.58. The first kappa shape index (κ1) is 13.1. The van der Waals surface area contributed by atoms with Gasteiger partial charge in [-0.2, -0.15) is 5.26 Å². The van der Waals surface area contributed by atoms with E-state index in [4.69, 9.17) is 0 Å². The molecule has 0 atom stereocenters. The Morgan fingerprint density at radius 1 is 1.44 bits per heavy atom. The third-order valence-corrected chi connectivity index (χ3v) is 4.60. The van der Waals surface area contributed by atoms with Gasteiger partial charge in [0, 0.05) is 4.47 Å². The Morgan fingerprint density at radius 2 is 2.11 bits per heavy atom. The lowest BCUT2D eigenvalue weighted by atomic mass is 9.87. The SMILES string of the molecule is Cc1cccc(NC(=O)C2(C#N)CCCC2)c1Br. The fourth-order valence-corrected chi connectivity index (χ4v) is 2.72.